The summed E-state index contributed by atoms with van der Waals surface area (Å²) in [7, 11) is 0. The molecule has 8 nitrogen and oxygen atoms in total. The molecule has 0 radical (unpaired) electrons. The Hall–Kier alpha value is -2.91. The lowest BCUT2D eigenvalue weighted by molar-refractivity contribution is -0.384. The lowest BCUT2D eigenvalue weighted by atomic mass is 10.3. The predicted octanol–water partition coefficient (Wildman–Crippen LogP) is 2.68. The Bertz CT molecular complexity index is 788. The molecule has 0 fully saturated rings. The summed E-state index contributed by atoms with van der Waals surface area (Å²) in [5, 5.41) is 16.7. The van der Waals surface area contributed by atoms with Crippen LogP contribution in [0.1, 0.15) is 0 Å². The molecule has 0 aliphatic rings. The second-order valence-corrected chi connectivity index (χ2v) is 5.58. The van der Waals surface area contributed by atoms with Crippen LogP contribution in [0.4, 0.5) is 17.1 Å². The summed E-state index contributed by atoms with van der Waals surface area (Å²) < 4.78 is 0. The molecular weight excluding hydrogens is 366 g/mol. The van der Waals surface area contributed by atoms with Crippen LogP contribution < -0.4 is 21.5 Å². The Morgan fingerprint density at radius 1 is 1.16 bits per heavy atom. The molecule has 4 N–H and O–H groups in total. The third-order valence-electron chi connectivity index (χ3n) is 2.95. The van der Waals surface area contributed by atoms with Crippen molar-refractivity contribution in [2.24, 2.45) is 0 Å². The summed E-state index contributed by atoms with van der Waals surface area (Å²) >= 11 is 11.0. The number of hydrogen-bond donors (Lipinski definition) is 4. The molecule has 0 aromatic heterocycles. The van der Waals surface area contributed by atoms with Gasteiger partial charge in [-0.05, 0) is 30.4 Å². The minimum Gasteiger partial charge on any atom is -0.376 e. The van der Waals surface area contributed by atoms with E-state index in [9.17, 15) is 14.9 Å². The lowest BCUT2D eigenvalue weighted by Gasteiger charge is -2.13. The van der Waals surface area contributed by atoms with E-state index in [-0.39, 0.29) is 34.0 Å². The van der Waals surface area contributed by atoms with Crippen LogP contribution in [0.25, 0.3) is 0 Å². The number of anilines is 2. The van der Waals surface area contributed by atoms with Crippen LogP contribution in [0, 0.1) is 10.1 Å². The molecule has 10 heteroatoms. The number of nitrogens with zero attached hydrogens (tertiary/aromatic N) is 1. The molecule has 0 bridgehead atoms. The third kappa shape index (κ3) is 5.90. The normalized spacial score (nSPS) is 9.80. The van der Waals surface area contributed by atoms with Gasteiger partial charge in [0.1, 0.15) is 0 Å². The van der Waals surface area contributed by atoms with Gasteiger partial charge < -0.3 is 10.6 Å². The first-order valence-electron chi connectivity index (χ1n) is 7.04. The van der Waals surface area contributed by atoms with Crippen LogP contribution in [0.3, 0.4) is 0 Å². The summed E-state index contributed by atoms with van der Waals surface area (Å²) in [6.45, 7) is 0.0389. The Balaban J connectivity index is 1.81. The lowest BCUT2D eigenvalue weighted by Crippen LogP contribution is -2.45. The summed E-state index contributed by atoms with van der Waals surface area (Å²) in [4.78, 5) is 22.0. The first kappa shape index (κ1) is 18.4. The molecule has 0 aliphatic carbocycles. The molecule has 2 aromatic rings. The average Bonchev–Trinajstić information content (AvgIpc) is 2.60. The van der Waals surface area contributed by atoms with Gasteiger partial charge in [-0.1, -0.05) is 29.8 Å². The van der Waals surface area contributed by atoms with Crippen LogP contribution >= 0.6 is 23.8 Å². The predicted molar refractivity (Wildman–Crippen MR) is 101 cm³/mol. The number of nitrogens with one attached hydrogen (secondary N) is 4. The van der Waals surface area contributed by atoms with Crippen molar-refractivity contribution in [1.29, 1.82) is 0 Å². The number of carbonyl (C=O) groups excluding carboxylic acids is 1. The SMILES string of the molecule is O=C(CNc1ccccc1)NNC(=S)Nc1cc([N+](=O)[O-])ccc1Cl. The number of nitro benzene ring substituents is 1. The molecule has 1 amide bonds. The smallest absolute Gasteiger partial charge is 0.271 e. The van der Waals surface area contributed by atoms with Crippen LogP contribution in [-0.2, 0) is 4.79 Å². The molecule has 25 heavy (non-hydrogen) atoms. The number of thiocarbonyl (C=S) groups is 1. The number of non-ortho nitro benzene ring substituents is 1. The van der Waals surface area contributed by atoms with Crippen LogP contribution in [0.15, 0.2) is 48.5 Å². The van der Waals surface area contributed by atoms with Crippen LogP contribution in [0.2, 0.25) is 5.02 Å². The van der Waals surface area contributed by atoms with Gasteiger partial charge >= 0.3 is 0 Å². The van der Waals surface area contributed by atoms with E-state index in [2.05, 4.69) is 21.5 Å². The van der Waals surface area contributed by atoms with Crippen molar-refractivity contribution in [2.45, 2.75) is 0 Å². The van der Waals surface area contributed by atoms with Gasteiger partial charge in [0.25, 0.3) is 11.6 Å². The zero-order valence-electron chi connectivity index (χ0n) is 12.8. The summed E-state index contributed by atoms with van der Waals surface area (Å²) in [6, 6.07) is 13.1. The fraction of sp³-hybridized carbons (Fsp3) is 0.0667. The molecule has 130 valence electrons. The summed E-state index contributed by atoms with van der Waals surface area (Å²) in [5.41, 5.74) is 5.82. The summed E-state index contributed by atoms with van der Waals surface area (Å²) in [6.07, 6.45) is 0. The van der Waals surface area contributed by atoms with Crippen molar-refractivity contribution in [3.63, 3.8) is 0 Å². The number of para-hydroxylation sites is 1. The number of benzene rings is 2. The number of hydrogen-bond acceptors (Lipinski definition) is 5. The molecule has 2 aromatic carbocycles. The van der Waals surface area contributed by atoms with Gasteiger partial charge in [0.05, 0.1) is 22.2 Å². The second kappa shape index (κ2) is 8.81. The van der Waals surface area contributed by atoms with E-state index in [1.54, 1.807) is 0 Å². The maximum Gasteiger partial charge on any atom is 0.271 e. The van der Waals surface area contributed by atoms with E-state index in [1.165, 1.54) is 18.2 Å². The van der Waals surface area contributed by atoms with Gasteiger partial charge in [-0.15, -0.1) is 0 Å². The maximum atomic E-state index is 11.7. The standard InChI is InChI=1S/C15H14ClN5O3S/c16-12-7-6-11(21(23)24)8-13(12)18-15(25)20-19-14(22)9-17-10-4-2-1-3-5-10/h1-8,17H,9H2,(H,19,22)(H2,18,20,25). The summed E-state index contributed by atoms with van der Waals surface area (Å²) in [5.74, 6) is -0.349. The number of rotatable bonds is 5. The van der Waals surface area contributed by atoms with Crippen molar-refractivity contribution >= 4 is 51.9 Å². The van der Waals surface area contributed by atoms with Gasteiger partial charge in [0.2, 0.25) is 0 Å². The number of amides is 1. The zero-order chi connectivity index (χ0) is 18.2. The third-order valence-corrected chi connectivity index (χ3v) is 3.48. The minimum absolute atomic E-state index is 0.0375. The monoisotopic (exact) mass is 379 g/mol. The highest BCUT2D eigenvalue weighted by molar-refractivity contribution is 7.80. The molecule has 2 rings (SSSR count). The fourth-order valence-electron chi connectivity index (χ4n) is 1.79. The van der Waals surface area contributed by atoms with E-state index in [4.69, 9.17) is 23.8 Å². The van der Waals surface area contributed by atoms with Crippen LogP contribution in [0.5, 0.6) is 0 Å². The Kier molecular flexibility index (Phi) is 6.49. The van der Waals surface area contributed by atoms with Crippen molar-refractivity contribution in [3.8, 4) is 0 Å². The Morgan fingerprint density at radius 3 is 2.56 bits per heavy atom. The van der Waals surface area contributed by atoms with Crippen molar-refractivity contribution in [3.05, 3.63) is 63.7 Å². The number of halogens is 1. The Labute approximate surface area is 153 Å². The fourth-order valence-corrected chi connectivity index (χ4v) is 2.11. The highest BCUT2D eigenvalue weighted by Gasteiger charge is 2.11. The molecule has 0 unspecified atom stereocenters. The topological polar surface area (TPSA) is 108 Å². The quantitative estimate of drug-likeness (QED) is 0.359. The molecule has 0 aliphatic heterocycles. The highest BCUT2D eigenvalue weighted by atomic mass is 35.5. The first-order chi connectivity index (χ1) is 12.0. The maximum absolute atomic E-state index is 11.7. The van der Waals surface area contributed by atoms with E-state index in [0.29, 0.717) is 0 Å². The second-order valence-electron chi connectivity index (χ2n) is 4.77. The molecule has 0 atom stereocenters. The van der Waals surface area contributed by atoms with E-state index in [1.807, 2.05) is 30.3 Å². The van der Waals surface area contributed by atoms with Crippen molar-refractivity contribution in [1.82, 2.24) is 10.9 Å². The molecule has 0 saturated carbocycles. The van der Waals surface area contributed by atoms with Gasteiger partial charge in [-0.3, -0.25) is 25.8 Å². The zero-order valence-corrected chi connectivity index (χ0v) is 14.4. The number of carbonyl (C=O) groups is 1. The molecular formula is C15H14ClN5O3S. The molecule has 0 heterocycles. The van der Waals surface area contributed by atoms with Gasteiger partial charge in [-0.2, -0.15) is 0 Å². The first-order valence-corrected chi connectivity index (χ1v) is 7.83. The van der Waals surface area contributed by atoms with Gasteiger partial charge in [0, 0.05) is 17.8 Å². The Morgan fingerprint density at radius 2 is 1.88 bits per heavy atom. The van der Waals surface area contributed by atoms with Gasteiger partial charge in [0.15, 0.2) is 5.11 Å². The largest absolute Gasteiger partial charge is 0.376 e. The van der Waals surface area contributed by atoms with Crippen LogP contribution in [-0.4, -0.2) is 22.5 Å². The highest BCUT2D eigenvalue weighted by Crippen LogP contribution is 2.26. The van der Waals surface area contributed by atoms with Gasteiger partial charge in [-0.25, -0.2) is 0 Å². The molecule has 0 spiro atoms. The van der Waals surface area contributed by atoms with Crippen molar-refractivity contribution < 1.29 is 9.72 Å². The van der Waals surface area contributed by atoms with E-state index >= 15 is 0 Å². The van der Waals surface area contributed by atoms with Crippen molar-refractivity contribution in [2.75, 3.05) is 17.2 Å². The number of hydrazine groups is 1. The van der Waals surface area contributed by atoms with E-state index < -0.39 is 4.92 Å². The molecule has 0 saturated heterocycles. The number of nitro groups is 1. The minimum atomic E-state index is -0.547. The average molecular weight is 380 g/mol. The van der Waals surface area contributed by atoms with E-state index in [0.717, 1.165) is 5.69 Å².